The standard InChI is InChI=1S/C10H13N3O2/c1-6(10(14)15)13-8-4-2-7(3-5-8)9(11)12/h2-6,13H,1H3,(H3,11,12)(H,14,15)/t6-/m1/s1. The Hall–Kier alpha value is -2.04. The van der Waals surface area contributed by atoms with Gasteiger partial charge in [-0.25, -0.2) is 0 Å². The molecule has 0 heterocycles. The minimum Gasteiger partial charge on any atom is -0.480 e. The Balaban J connectivity index is 2.72. The van der Waals surface area contributed by atoms with Gasteiger partial charge in [-0.15, -0.1) is 0 Å². The third-order valence-electron chi connectivity index (χ3n) is 1.95. The van der Waals surface area contributed by atoms with E-state index in [1.165, 1.54) is 0 Å². The smallest absolute Gasteiger partial charge is 0.325 e. The van der Waals surface area contributed by atoms with Crippen LogP contribution >= 0.6 is 0 Å². The van der Waals surface area contributed by atoms with Crippen LogP contribution in [0.25, 0.3) is 0 Å². The van der Waals surface area contributed by atoms with Gasteiger partial charge in [0.1, 0.15) is 11.9 Å². The average molecular weight is 207 g/mol. The fraction of sp³-hybridized carbons (Fsp3) is 0.200. The Morgan fingerprint density at radius 3 is 2.40 bits per heavy atom. The number of carbonyl (C=O) groups is 1. The van der Waals surface area contributed by atoms with Crippen molar-refractivity contribution in [3.8, 4) is 0 Å². The summed E-state index contributed by atoms with van der Waals surface area (Å²) in [5.41, 5.74) is 6.59. The summed E-state index contributed by atoms with van der Waals surface area (Å²) in [6.07, 6.45) is 0. The molecule has 1 atom stereocenters. The van der Waals surface area contributed by atoms with E-state index in [4.69, 9.17) is 16.2 Å². The number of carboxylic acids is 1. The summed E-state index contributed by atoms with van der Waals surface area (Å²) in [5, 5.41) is 18.6. The van der Waals surface area contributed by atoms with E-state index in [0.717, 1.165) is 0 Å². The fourth-order valence-electron chi connectivity index (χ4n) is 1.06. The number of nitrogens with two attached hydrogens (primary N) is 1. The van der Waals surface area contributed by atoms with Crippen molar-refractivity contribution in [3.63, 3.8) is 0 Å². The Labute approximate surface area is 87.4 Å². The second-order valence-electron chi connectivity index (χ2n) is 3.20. The molecule has 5 N–H and O–H groups in total. The zero-order valence-corrected chi connectivity index (χ0v) is 8.32. The summed E-state index contributed by atoms with van der Waals surface area (Å²) < 4.78 is 0. The summed E-state index contributed by atoms with van der Waals surface area (Å²) in [4.78, 5) is 10.6. The minimum absolute atomic E-state index is 0.00664. The van der Waals surface area contributed by atoms with E-state index in [9.17, 15) is 4.79 Å². The van der Waals surface area contributed by atoms with Crippen LogP contribution in [0, 0.1) is 5.41 Å². The maximum Gasteiger partial charge on any atom is 0.325 e. The number of anilines is 1. The van der Waals surface area contributed by atoms with Gasteiger partial charge in [-0.2, -0.15) is 0 Å². The molecule has 0 unspecified atom stereocenters. The summed E-state index contributed by atoms with van der Waals surface area (Å²) in [6.45, 7) is 1.56. The first-order chi connectivity index (χ1) is 7.00. The van der Waals surface area contributed by atoms with Crippen LogP contribution < -0.4 is 11.1 Å². The SMILES string of the molecule is C[C@@H](Nc1ccc(C(=N)N)cc1)C(=O)O. The molecule has 0 bridgehead atoms. The van der Waals surface area contributed by atoms with Gasteiger partial charge in [-0.3, -0.25) is 10.2 Å². The Morgan fingerprint density at radius 1 is 1.47 bits per heavy atom. The molecule has 0 aliphatic heterocycles. The van der Waals surface area contributed by atoms with Crippen LogP contribution in [0.2, 0.25) is 0 Å². The van der Waals surface area contributed by atoms with Crippen molar-refractivity contribution in [2.24, 2.45) is 5.73 Å². The molecule has 0 aromatic heterocycles. The molecule has 1 rings (SSSR count). The van der Waals surface area contributed by atoms with Gasteiger partial charge >= 0.3 is 5.97 Å². The highest BCUT2D eigenvalue weighted by Gasteiger charge is 2.09. The van der Waals surface area contributed by atoms with Gasteiger partial charge in [0.2, 0.25) is 0 Å². The topological polar surface area (TPSA) is 99.2 Å². The van der Waals surface area contributed by atoms with E-state index in [0.29, 0.717) is 11.3 Å². The van der Waals surface area contributed by atoms with Crippen LogP contribution in [0.5, 0.6) is 0 Å². The predicted molar refractivity (Wildman–Crippen MR) is 58.2 cm³/mol. The third-order valence-corrected chi connectivity index (χ3v) is 1.95. The number of rotatable bonds is 4. The molecule has 0 aliphatic carbocycles. The van der Waals surface area contributed by atoms with Gasteiger partial charge in [-0.05, 0) is 31.2 Å². The Bertz CT molecular complexity index is 373. The van der Waals surface area contributed by atoms with Crippen LogP contribution in [-0.4, -0.2) is 23.0 Å². The van der Waals surface area contributed by atoms with E-state index in [1.54, 1.807) is 31.2 Å². The van der Waals surface area contributed by atoms with Gasteiger partial charge in [0.15, 0.2) is 0 Å². The van der Waals surface area contributed by atoms with E-state index in [2.05, 4.69) is 5.32 Å². The van der Waals surface area contributed by atoms with E-state index >= 15 is 0 Å². The molecule has 5 heteroatoms. The molecular formula is C10H13N3O2. The fourth-order valence-corrected chi connectivity index (χ4v) is 1.06. The largest absolute Gasteiger partial charge is 0.480 e. The molecule has 0 amide bonds. The third kappa shape index (κ3) is 2.98. The van der Waals surface area contributed by atoms with Crippen LogP contribution in [0.15, 0.2) is 24.3 Å². The molecule has 0 spiro atoms. The first-order valence-electron chi connectivity index (χ1n) is 4.44. The number of benzene rings is 1. The van der Waals surface area contributed by atoms with Crippen molar-refractivity contribution >= 4 is 17.5 Å². The van der Waals surface area contributed by atoms with Crippen molar-refractivity contribution in [3.05, 3.63) is 29.8 Å². The molecule has 0 saturated carbocycles. The van der Waals surface area contributed by atoms with Crippen molar-refractivity contribution < 1.29 is 9.90 Å². The van der Waals surface area contributed by atoms with Crippen LogP contribution in [0.1, 0.15) is 12.5 Å². The van der Waals surface area contributed by atoms with Gasteiger partial charge in [-0.1, -0.05) is 0 Å². The molecule has 0 aliphatic rings. The number of hydrogen-bond donors (Lipinski definition) is 4. The van der Waals surface area contributed by atoms with E-state index < -0.39 is 12.0 Å². The lowest BCUT2D eigenvalue weighted by molar-refractivity contribution is -0.137. The molecule has 5 nitrogen and oxygen atoms in total. The second kappa shape index (κ2) is 4.45. The number of hydrogen-bond acceptors (Lipinski definition) is 3. The summed E-state index contributed by atoms with van der Waals surface area (Å²) in [7, 11) is 0. The van der Waals surface area contributed by atoms with E-state index in [1.807, 2.05) is 0 Å². The number of carboxylic acid groups (broad SMARTS) is 1. The molecule has 80 valence electrons. The van der Waals surface area contributed by atoms with Crippen LogP contribution in [0.3, 0.4) is 0 Å². The molecule has 1 aromatic carbocycles. The summed E-state index contributed by atoms with van der Waals surface area (Å²) >= 11 is 0. The number of nitrogen functional groups attached to an aromatic ring is 1. The predicted octanol–water partition coefficient (Wildman–Crippen LogP) is 0.856. The highest BCUT2D eigenvalue weighted by molar-refractivity contribution is 5.95. The van der Waals surface area contributed by atoms with Crippen LogP contribution in [-0.2, 0) is 4.79 Å². The summed E-state index contributed by atoms with van der Waals surface area (Å²) in [5.74, 6) is -0.918. The quantitative estimate of drug-likeness (QED) is 0.434. The first kappa shape index (κ1) is 11.0. The molecule has 0 fully saturated rings. The lowest BCUT2D eigenvalue weighted by Crippen LogP contribution is -2.25. The number of nitrogens with one attached hydrogen (secondary N) is 2. The normalized spacial score (nSPS) is 11.8. The molecule has 0 saturated heterocycles. The number of amidine groups is 1. The second-order valence-corrected chi connectivity index (χ2v) is 3.20. The Kier molecular flexibility index (Phi) is 3.28. The van der Waals surface area contributed by atoms with Crippen LogP contribution in [0.4, 0.5) is 5.69 Å². The maximum atomic E-state index is 10.6. The van der Waals surface area contributed by atoms with Crippen molar-refractivity contribution in [2.75, 3.05) is 5.32 Å². The van der Waals surface area contributed by atoms with E-state index in [-0.39, 0.29) is 5.84 Å². The molecule has 15 heavy (non-hydrogen) atoms. The zero-order chi connectivity index (χ0) is 11.4. The lowest BCUT2D eigenvalue weighted by atomic mass is 10.2. The number of aliphatic carboxylic acids is 1. The minimum atomic E-state index is -0.911. The monoisotopic (exact) mass is 207 g/mol. The summed E-state index contributed by atoms with van der Waals surface area (Å²) in [6, 6.07) is 6.07. The van der Waals surface area contributed by atoms with Crippen molar-refractivity contribution in [2.45, 2.75) is 13.0 Å². The highest BCUT2D eigenvalue weighted by atomic mass is 16.4. The highest BCUT2D eigenvalue weighted by Crippen LogP contribution is 2.10. The first-order valence-corrected chi connectivity index (χ1v) is 4.44. The van der Waals surface area contributed by atoms with Gasteiger partial charge < -0.3 is 16.2 Å². The molecular weight excluding hydrogens is 194 g/mol. The molecule has 1 aromatic rings. The lowest BCUT2D eigenvalue weighted by Gasteiger charge is -2.10. The average Bonchev–Trinajstić information content (AvgIpc) is 2.18. The molecule has 0 radical (unpaired) electrons. The van der Waals surface area contributed by atoms with Crippen molar-refractivity contribution in [1.82, 2.24) is 0 Å². The maximum absolute atomic E-state index is 10.6. The van der Waals surface area contributed by atoms with Crippen molar-refractivity contribution in [1.29, 1.82) is 5.41 Å². The van der Waals surface area contributed by atoms with Gasteiger partial charge in [0.05, 0.1) is 0 Å². The zero-order valence-electron chi connectivity index (χ0n) is 8.32. The Morgan fingerprint density at radius 2 is 2.00 bits per heavy atom. The van der Waals surface area contributed by atoms with Gasteiger partial charge in [0.25, 0.3) is 0 Å². The van der Waals surface area contributed by atoms with Gasteiger partial charge in [0, 0.05) is 11.3 Å².